The van der Waals surface area contributed by atoms with E-state index >= 15 is 0 Å². The molecule has 0 saturated heterocycles. The monoisotopic (exact) mass is 276 g/mol. The number of hydrogen-bond acceptors (Lipinski definition) is 2. The molecule has 80 valence electrons. The van der Waals surface area contributed by atoms with E-state index in [-0.39, 0.29) is 0 Å². The molecule has 1 aromatic heterocycles. The molecule has 0 atom stereocenters. The lowest BCUT2D eigenvalue weighted by molar-refractivity contribution is 0.0742. The van der Waals surface area contributed by atoms with Gasteiger partial charge in [0.2, 0.25) is 0 Å². The molecule has 0 unspecified atom stereocenters. The smallest absolute Gasteiger partial charge is 0.320 e. The van der Waals surface area contributed by atoms with E-state index in [0.717, 1.165) is 15.4 Å². The van der Waals surface area contributed by atoms with Crippen molar-refractivity contribution in [3.05, 3.63) is 22.9 Å². The fraction of sp³-hybridized carbons (Fsp3) is 0.222. The Morgan fingerprint density at radius 2 is 2.20 bits per heavy atom. The number of hydrogen-bond donors (Lipinski definition) is 0. The fourth-order valence-corrected chi connectivity index (χ4v) is 1.83. The van der Waals surface area contributed by atoms with Gasteiger partial charge in [0, 0.05) is 4.47 Å². The number of benzene rings is 1. The first kappa shape index (κ1) is 10.4. The van der Waals surface area contributed by atoms with Crippen LogP contribution in [0.2, 0.25) is 0 Å². The Kier molecular flexibility index (Phi) is 2.60. The minimum Gasteiger partial charge on any atom is -0.494 e. The minimum atomic E-state index is -2.62. The average molecular weight is 277 g/mol. The van der Waals surface area contributed by atoms with Gasteiger partial charge in [-0.15, -0.1) is 0 Å². The maximum atomic E-state index is 12.6. The Morgan fingerprint density at radius 1 is 1.47 bits per heavy atom. The highest BCUT2D eigenvalue weighted by Gasteiger charge is 2.15. The van der Waals surface area contributed by atoms with Crippen LogP contribution < -0.4 is 4.74 Å². The van der Waals surface area contributed by atoms with Crippen LogP contribution in [-0.4, -0.2) is 16.7 Å². The third-order valence-corrected chi connectivity index (χ3v) is 2.49. The van der Waals surface area contributed by atoms with Gasteiger partial charge in [0.25, 0.3) is 0 Å². The molecule has 0 amide bonds. The molecule has 3 nitrogen and oxygen atoms in total. The maximum absolute atomic E-state index is 12.6. The van der Waals surface area contributed by atoms with Crippen LogP contribution in [0.3, 0.4) is 0 Å². The molecule has 0 radical (unpaired) electrons. The van der Waals surface area contributed by atoms with Crippen LogP contribution in [0.1, 0.15) is 6.55 Å². The molecule has 2 rings (SSSR count). The van der Waals surface area contributed by atoms with Gasteiger partial charge in [-0.1, -0.05) is 15.9 Å². The molecule has 0 aliphatic heterocycles. The third-order valence-electron chi connectivity index (χ3n) is 2.03. The number of fused-ring (bicyclic) bond motifs is 1. The Hall–Kier alpha value is -1.17. The highest BCUT2D eigenvalue weighted by Crippen LogP contribution is 2.31. The molecule has 0 aliphatic carbocycles. The fourth-order valence-electron chi connectivity index (χ4n) is 1.40. The van der Waals surface area contributed by atoms with Gasteiger partial charge in [-0.25, -0.2) is 4.98 Å². The number of methoxy groups -OCH3 is 1. The SMILES string of the molecule is COc1cc(Br)cc2ncn(C(F)F)c12. The maximum Gasteiger partial charge on any atom is 0.320 e. The van der Waals surface area contributed by atoms with Crippen LogP contribution in [0.15, 0.2) is 22.9 Å². The zero-order valence-electron chi connectivity index (χ0n) is 7.75. The molecular weight excluding hydrogens is 270 g/mol. The van der Waals surface area contributed by atoms with Gasteiger partial charge in [-0.2, -0.15) is 8.78 Å². The summed E-state index contributed by atoms with van der Waals surface area (Å²) >= 11 is 3.25. The molecule has 0 bridgehead atoms. The van der Waals surface area contributed by atoms with E-state index in [1.165, 1.54) is 7.11 Å². The van der Waals surface area contributed by atoms with Crippen LogP contribution in [0.5, 0.6) is 5.75 Å². The molecule has 0 aliphatic rings. The number of nitrogens with zero attached hydrogens (tertiary/aromatic N) is 2. The average Bonchev–Trinajstić information content (AvgIpc) is 2.59. The molecule has 1 heterocycles. The van der Waals surface area contributed by atoms with Gasteiger partial charge in [-0.3, -0.25) is 4.57 Å². The lowest BCUT2D eigenvalue weighted by Gasteiger charge is -2.06. The second-order valence-electron chi connectivity index (χ2n) is 2.91. The summed E-state index contributed by atoms with van der Waals surface area (Å²) < 4.78 is 31.8. The predicted octanol–water partition coefficient (Wildman–Crippen LogP) is 3.20. The van der Waals surface area contributed by atoms with Crippen molar-refractivity contribution in [2.24, 2.45) is 0 Å². The molecule has 1 aromatic carbocycles. The van der Waals surface area contributed by atoms with E-state index in [0.29, 0.717) is 16.8 Å². The zero-order valence-corrected chi connectivity index (χ0v) is 9.33. The minimum absolute atomic E-state index is 0.302. The second-order valence-corrected chi connectivity index (χ2v) is 3.82. The quantitative estimate of drug-likeness (QED) is 0.842. The zero-order chi connectivity index (χ0) is 11.0. The molecule has 0 saturated carbocycles. The summed E-state index contributed by atoms with van der Waals surface area (Å²) in [6.07, 6.45) is 1.10. The highest BCUT2D eigenvalue weighted by atomic mass is 79.9. The first-order valence-electron chi connectivity index (χ1n) is 4.11. The van der Waals surface area contributed by atoms with Crippen molar-refractivity contribution in [2.45, 2.75) is 6.55 Å². The van der Waals surface area contributed by atoms with Gasteiger partial charge in [0.05, 0.1) is 12.6 Å². The van der Waals surface area contributed by atoms with Crippen molar-refractivity contribution in [1.29, 1.82) is 0 Å². The summed E-state index contributed by atoms with van der Waals surface area (Å²) in [6.45, 7) is -2.62. The lowest BCUT2D eigenvalue weighted by Crippen LogP contribution is -1.97. The van der Waals surface area contributed by atoms with E-state index in [4.69, 9.17) is 4.74 Å². The van der Waals surface area contributed by atoms with Gasteiger partial charge in [-0.05, 0) is 12.1 Å². The topological polar surface area (TPSA) is 27.1 Å². The largest absolute Gasteiger partial charge is 0.494 e. The molecule has 15 heavy (non-hydrogen) atoms. The van der Waals surface area contributed by atoms with E-state index in [1.54, 1.807) is 12.1 Å². The second kappa shape index (κ2) is 3.77. The Morgan fingerprint density at radius 3 is 2.80 bits per heavy atom. The van der Waals surface area contributed by atoms with E-state index < -0.39 is 6.55 Å². The Labute approximate surface area is 92.8 Å². The number of rotatable bonds is 2. The number of aromatic nitrogens is 2. The third kappa shape index (κ3) is 1.69. The van der Waals surface area contributed by atoms with Crippen LogP contribution >= 0.6 is 15.9 Å². The summed E-state index contributed by atoms with van der Waals surface area (Å²) in [7, 11) is 1.43. The summed E-state index contributed by atoms with van der Waals surface area (Å²) in [4.78, 5) is 3.88. The molecule has 0 N–H and O–H groups in total. The summed E-state index contributed by atoms with van der Waals surface area (Å²) in [5.74, 6) is 0.372. The van der Waals surface area contributed by atoms with Crippen molar-refractivity contribution in [3.8, 4) is 5.75 Å². The Bertz CT molecular complexity index is 498. The normalized spacial score (nSPS) is 11.3. The van der Waals surface area contributed by atoms with Crippen LogP contribution in [0.4, 0.5) is 8.78 Å². The lowest BCUT2D eigenvalue weighted by atomic mass is 10.3. The van der Waals surface area contributed by atoms with Crippen molar-refractivity contribution in [2.75, 3.05) is 7.11 Å². The highest BCUT2D eigenvalue weighted by molar-refractivity contribution is 9.10. The van der Waals surface area contributed by atoms with Crippen molar-refractivity contribution >= 4 is 27.0 Å². The van der Waals surface area contributed by atoms with Gasteiger partial charge >= 0.3 is 6.55 Å². The molecule has 6 heteroatoms. The number of alkyl halides is 2. The number of imidazole rings is 1. The number of halogens is 3. The molecule has 2 aromatic rings. The summed E-state index contributed by atoms with van der Waals surface area (Å²) in [6, 6.07) is 3.29. The predicted molar refractivity (Wildman–Crippen MR) is 55.2 cm³/mol. The van der Waals surface area contributed by atoms with Gasteiger partial charge in [0.15, 0.2) is 0 Å². The van der Waals surface area contributed by atoms with Crippen molar-refractivity contribution in [1.82, 2.24) is 9.55 Å². The summed E-state index contributed by atoms with van der Waals surface area (Å²) in [5, 5.41) is 0. The van der Waals surface area contributed by atoms with Crippen LogP contribution in [0, 0.1) is 0 Å². The molecule has 0 spiro atoms. The summed E-state index contributed by atoms with van der Waals surface area (Å²) in [5.41, 5.74) is 0.775. The van der Waals surface area contributed by atoms with Crippen molar-refractivity contribution < 1.29 is 13.5 Å². The first-order valence-corrected chi connectivity index (χ1v) is 4.91. The molecular formula is C9H7BrF2N2O. The molecule has 0 fully saturated rings. The van der Waals surface area contributed by atoms with Crippen LogP contribution in [-0.2, 0) is 0 Å². The van der Waals surface area contributed by atoms with E-state index in [1.807, 2.05) is 0 Å². The number of ether oxygens (including phenoxy) is 1. The van der Waals surface area contributed by atoms with Gasteiger partial charge < -0.3 is 4.74 Å². The van der Waals surface area contributed by atoms with Crippen LogP contribution in [0.25, 0.3) is 11.0 Å². The standard InChI is InChI=1S/C9H7BrF2N2O/c1-15-7-3-5(10)2-6-8(7)14(4-13-6)9(11)12/h2-4,9H,1H3. The Balaban J connectivity index is 2.77. The first-order chi connectivity index (χ1) is 7.13. The van der Waals surface area contributed by atoms with Crippen molar-refractivity contribution in [3.63, 3.8) is 0 Å². The van der Waals surface area contributed by atoms with E-state index in [2.05, 4.69) is 20.9 Å². The van der Waals surface area contributed by atoms with E-state index in [9.17, 15) is 8.78 Å². The van der Waals surface area contributed by atoms with Gasteiger partial charge in [0.1, 0.15) is 17.6 Å².